The Kier molecular flexibility index (Phi) is 4.90. The second-order valence-corrected chi connectivity index (χ2v) is 4.30. The van der Waals surface area contributed by atoms with Crippen molar-refractivity contribution in [2.75, 3.05) is 13.6 Å². The summed E-state index contributed by atoms with van der Waals surface area (Å²) in [5, 5.41) is 2.87. The minimum Gasteiger partial charge on any atom is -0.319 e. The van der Waals surface area contributed by atoms with Gasteiger partial charge in [-0.25, -0.2) is 0 Å². The van der Waals surface area contributed by atoms with E-state index in [0.29, 0.717) is 12.1 Å². The van der Waals surface area contributed by atoms with Crippen LogP contribution in [0.25, 0.3) is 0 Å². The zero-order chi connectivity index (χ0) is 13.8. The maximum Gasteiger partial charge on any atom is 0.416 e. The molecule has 0 aliphatic rings. The number of halogens is 3. The lowest BCUT2D eigenvalue weighted by Gasteiger charge is -2.11. The predicted octanol–water partition coefficient (Wildman–Crippen LogP) is 2.67. The summed E-state index contributed by atoms with van der Waals surface area (Å²) in [6.07, 6.45) is -4.33. The number of carbonyl (C=O) groups excluding carboxylic acids is 1. The average molecular weight is 259 g/mol. The van der Waals surface area contributed by atoms with Crippen molar-refractivity contribution < 1.29 is 18.0 Å². The van der Waals surface area contributed by atoms with Gasteiger partial charge in [0.1, 0.15) is 5.78 Å². The molecule has 18 heavy (non-hydrogen) atoms. The second-order valence-electron chi connectivity index (χ2n) is 4.30. The zero-order valence-electron chi connectivity index (χ0n) is 10.3. The predicted molar refractivity (Wildman–Crippen MR) is 63.2 cm³/mol. The molecule has 100 valence electrons. The molecule has 0 heterocycles. The van der Waals surface area contributed by atoms with Crippen molar-refractivity contribution in [3.63, 3.8) is 0 Å². The molecule has 0 saturated heterocycles. The van der Waals surface area contributed by atoms with Crippen LogP contribution in [0.3, 0.4) is 0 Å². The van der Waals surface area contributed by atoms with Gasteiger partial charge in [-0.2, -0.15) is 13.2 Å². The van der Waals surface area contributed by atoms with E-state index in [4.69, 9.17) is 0 Å². The fourth-order valence-corrected chi connectivity index (χ4v) is 1.65. The Morgan fingerprint density at radius 1 is 1.39 bits per heavy atom. The summed E-state index contributed by atoms with van der Waals surface area (Å²) in [7, 11) is 1.73. The van der Waals surface area contributed by atoms with Gasteiger partial charge in [-0.05, 0) is 18.7 Å². The van der Waals surface area contributed by atoms with Gasteiger partial charge in [-0.1, -0.05) is 25.1 Å². The first-order chi connectivity index (χ1) is 8.34. The number of carbonyl (C=O) groups is 1. The van der Waals surface area contributed by atoms with Crippen molar-refractivity contribution in [1.82, 2.24) is 5.32 Å². The van der Waals surface area contributed by atoms with Crippen LogP contribution in [0.5, 0.6) is 0 Å². The molecule has 0 fully saturated rings. The normalized spacial score (nSPS) is 13.4. The first kappa shape index (κ1) is 14.7. The SMILES string of the molecule is CNCC(C)C(=O)Cc1cccc(C(F)(F)F)c1. The average Bonchev–Trinajstić information content (AvgIpc) is 2.28. The van der Waals surface area contributed by atoms with Crippen LogP contribution in [-0.2, 0) is 17.4 Å². The summed E-state index contributed by atoms with van der Waals surface area (Å²) in [5.41, 5.74) is -0.313. The molecule has 0 aromatic heterocycles. The second kappa shape index (κ2) is 6.00. The molecule has 0 amide bonds. The van der Waals surface area contributed by atoms with E-state index in [1.807, 2.05) is 0 Å². The maximum absolute atomic E-state index is 12.5. The van der Waals surface area contributed by atoms with Gasteiger partial charge in [0, 0.05) is 18.9 Å². The van der Waals surface area contributed by atoms with Crippen LogP contribution in [0, 0.1) is 5.92 Å². The van der Waals surface area contributed by atoms with E-state index in [9.17, 15) is 18.0 Å². The van der Waals surface area contributed by atoms with Gasteiger partial charge in [0.25, 0.3) is 0 Å². The smallest absolute Gasteiger partial charge is 0.319 e. The van der Waals surface area contributed by atoms with E-state index in [2.05, 4.69) is 5.32 Å². The minimum absolute atomic E-state index is 0.0345. The highest BCUT2D eigenvalue weighted by Crippen LogP contribution is 2.29. The monoisotopic (exact) mass is 259 g/mol. The number of hydrogen-bond donors (Lipinski definition) is 1. The van der Waals surface area contributed by atoms with E-state index in [-0.39, 0.29) is 18.1 Å². The molecule has 0 saturated carbocycles. The lowest BCUT2D eigenvalue weighted by atomic mass is 9.98. The third kappa shape index (κ3) is 4.14. The van der Waals surface area contributed by atoms with Crippen LogP contribution in [0.4, 0.5) is 13.2 Å². The Morgan fingerprint density at radius 2 is 2.06 bits per heavy atom. The molecular formula is C13H16F3NO. The molecule has 0 radical (unpaired) electrons. The fourth-order valence-electron chi connectivity index (χ4n) is 1.65. The first-order valence-corrected chi connectivity index (χ1v) is 5.68. The van der Waals surface area contributed by atoms with Crippen molar-refractivity contribution in [2.24, 2.45) is 5.92 Å². The molecule has 2 nitrogen and oxygen atoms in total. The van der Waals surface area contributed by atoms with E-state index in [0.717, 1.165) is 12.1 Å². The summed E-state index contributed by atoms with van der Waals surface area (Å²) in [5.74, 6) is -0.270. The largest absolute Gasteiger partial charge is 0.416 e. The van der Waals surface area contributed by atoms with E-state index in [1.165, 1.54) is 6.07 Å². The molecule has 5 heteroatoms. The van der Waals surface area contributed by atoms with Crippen molar-refractivity contribution >= 4 is 5.78 Å². The quantitative estimate of drug-likeness (QED) is 0.880. The molecule has 1 N–H and O–H groups in total. The number of ketones is 1. The molecule has 1 atom stereocenters. The Bertz CT molecular complexity index is 415. The Balaban J connectivity index is 2.77. The molecule has 0 bridgehead atoms. The van der Waals surface area contributed by atoms with Crippen LogP contribution in [0.2, 0.25) is 0 Å². The van der Waals surface area contributed by atoms with E-state index >= 15 is 0 Å². The first-order valence-electron chi connectivity index (χ1n) is 5.68. The van der Waals surface area contributed by atoms with Gasteiger partial charge in [0.05, 0.1) is 5.56 Å². The number of Topliss-reactive ketones (excluding diaryl/α,β-unsaturated/α-hetero) is 1. The molecule has 0 aliphatic heterocycles. The summed E-state index contributed by atoms with van der Waals surface area (Å²) in [4.78, 5) is 11.7. The highest BCUT2D eigenvalue weighted by Gasteiger charge is 2.30. The minimum atomic E-state index is -4.37. The number of nitrogens with one attached hydrogen (secondary N) is 1. The number of hydrogen-bond acceptors (Lipinski definition) is 2. The van der Waals surface area contributed by atoms with Crippen molar-refractivity contribution in [1.29, 1.82) is 0 Å². The van der Waals surface area contributed by atoms with Gasteiger partial charge in [-0.15, -0.1) is 0 Å². The lowest BCUT2D eigenvalue weighted by molar-refractivity contribution is -0.137. The summed E-state index contributed by atoms with van der Waals surface area (Å²) >= 11 is 0. The Morgan fingerprint density at radius 3 is 2.61 bits per heavy atom. The number of rotatable bonds is 5. The van der Waals surface area contributed by atoms with Crippen LogP contribution in [0.15, 0.2) is 24.3 Å². The molecule has 1 aromatic rings. The van der Waals surface area contributed by atoms with Crippen LogP contribution >= 0.6 is 0 Å². The Hall–Kier alpha value is -1.36. The standard InChI is InChI=1S/C13H16F3NO/c1-9(8-17-2)12(18)7-10-4-3-5-11(6-10)13(14,15)16/h3-6,9,17H,7-8H2,1-2H3. The third-order valence-electron chi connectivity index (χ3n) is 2.69. The van der Waals surface area contributed by atoms with Crippen molar-refractivity contribution in [2.45, 2.75) is 19.5 Å². The molecule has 1 aromatic carbocycles. The van der Waals surface area contributed by atoms with Crippen molar-refractivity contribution in [3.05, 3.63) is 35.4 Å². The number of alkyl halides is 3. The van der Waals surface area contributed by atoms with Gasteiger partial charge < -0.3 is 5.32 Å². The molecule has 0 spiro atoms. The van der Waals surface area contributed by atoms with Crippen LogP contribution < -0.4 is 5.32 Å². The maximum atomic E-state index is 12.5. The number of benzene rings is 1. The molecule has 1 rings (SSSR count). The molecule has 0 aliphatic carbocycles. The Labute approximate surface area is 104 Å². The molecular weight excluding hydrogens is 243 g/mol. The lowest BCUT2D eigenvalue weighted by Crippen LogP contribution is -2.25. The van der Waals surface area contributed by atoms with E-state index < -0.39 is 11.7 Å². The zero-order valence-corrected chi connectivity index (χ0v) is 10.3. The molecule has 1 unspecified atom stereocenters. The summed E-state index contributed by atoms with van der Waals surface area (Å²) < 4.78 is 37.5. The fraction of sp³-hybridized carbons (Fsp3) is 0.462. The summed E-state index contributed by atoms with van der Waals surface area (Å²) in [6, 6.07) is 4.91. The topological polar surface area (TPSA) is 29.1 Å². The van der Waals surface area contributed by atoms with Crippen molar-refractivity contribution in [3.8, 4) is 0 Å². The van der Waals surface area contributed by atoms with Gasteiger partial charge in [-0.3, -0.25) is 4.79 Å². The third-order valence-corrected chi connectivity index (χ3v) is 2.69. The van der Waals surface area contributed by atoms with Gasteiger partial charge in [0.2, 0.25) is 0 Å². The van der Waals surface area contributed by atoms with E-state index in [1.54, 1.807) is 20.0 Å². The van der Waals surface area contributed by atoms with Crippen LogP contribution in [0.1, 0.15) is 18.1 Å². The highest BCUT2D eigenvalue weighted by molar-refractivity contribution is 5.83. The van der Waals surface area contributed by atoms with Gasteiger partial charge >= 0.3 is 6.18 Å². The van der Waals surface area contributed by atoms with Gasteiger partial charge in [0.15, 0.2) is 0 Å². The summed E-state index contributed by atoms with van der Waals surface area (Å²) in [6.45, 7) is 2.28. The highest BCUT2D eigenvalue weighted by atomic mass is 19.4. The van der Waals surface area contributed by atoms with Crippen LogP contribution in [-0.4, -0.2) is 19.4 Å².